The number of ketones is 3. The molecule has 0 aliphatic heterocycles. The van der Waals surface area contributed by atoms with Gasteiger partial charge in [0.2, 0.25) is 0 Å². The molecule has 0 N–H and O–H groups in total. The number of rotatable bonds is 3. The molecule has 22 heavy (non-hydrogen) atoms. The molecule has 0 atom stereocenters. The first-order valence-electron chi connectivity index (χ1n) is 5.96. The molecule has 0 amide bonds. The van der Waals surface area contributed by atoms with E-state index >= 15 is 0 Å². The molecule has 0 bridgehead atoms. The summed E-state index contributed by atoms with van der Waals surface area (Å²) in [5, 5.41) is 29.9. The van der Waals surface area contributed by atoms with Crippen molar-refractivity contribution in [3.8, 4) is 0 Å². The molecule has 0 fully saturated rings. The maximum Gasteiger partial charge on any atom is 3.00 e. The molecule has 0 spiro atoms. The summed E-state index contributed by atoms with van der Waals surface area (Å²) >= 11 is 0. The zero-order valence-electron chi connectivity index (χ0n) is 13.5. The van der Waals surface area contributed by atoms with E-state index in [2.05, 4.69) is 0 Å². The number of carbonyl (C=O) groups is 3. The van der Waals surface area contributed by atoms with Gasteiger partial charge in [0, 0.05) is 0 Å². The van der Waals surface area contributed by atoms with E-state index in [9.17, 15) is 29.7 Å². The van der Waals surface area contributed by atoms with Crippen molar-refractivity contribution in [2.75, 3.05) is 0 Å². The molecule has 6 nitrogen and oxygen atoms in total. The number of hydrogen-bond donors (Lipinski definition) is 0. The average Bonchev–Trinajstić information content (AvgIpc) is 2.10. The molecule has 0 aromatic rings. The Morgan fingerprint density at radius 1 is 0.545 bits per heavy atom. The third-order valence-electron chi connectivity index (χ3n) is 1.22. The Labute approximate surface area is 144 Å². The van der Waals surface area contributed by atoms with Crippen LogP contribution in [0, 0.1) is 0 Å². The van der Waals surface area contributed by atoms with Crippen molar-refractivity contribution in [3.63, 3.8) is 0 Å². The minimum atomic E-state index is -0.187. The maximum atomic E-state index is 9.98. The van der Waals surface area contributed by atoms with Gasteiger partial charge in [-0.2, -0.15) is 0 Å². The van der Waals surface area contributed by atoms with Gasteiger partial charge in [-0.25, -0.2) is 0 Å². The van der Waals surface area contributed by atoms with E-state index in [1.54, 1.807) is 0 Å². The van der Waals surface area contributed by atoms with Crippen LogP contribution in [0.15, 0.2) is 35.5 Å². The van der Waals surface area contributed by atoms with E-state index in [1.807, 2.05) is 0 Å². The molecule has 0 aliphatic rings. The van der Waals surface area contributed by atoms with Crippen LogP contribution in [-0.2, 0) is 33.9 Å². The molecule has 0 heterocycles. The van der Waals surface area contributed by atoms with Crippen LogP contribution in [0.4, 0.5) is 0 Å². The predicted octanol–water partition coefficient (Wildman–Crippen LogP) is -0.484. The van der Waals surface area contributed by atoms with Gasteiger partial charge in [-0.1, -0.05) is 20.8 Å². The third kappa shape index (κ3) is 51.7. The Morgan fingerprint density at radius 3 is 0.682 bits per heavy atom. The molecule has 0 aromatic heterocycles. The van der Waals surface area contributed by atoms with Gasteiger partial charge in [0.25, 0.3) is 0 Å². The van der Waals surface area contributed by atoms with Gasteiger partial charge in [0.1, 0.15) is 0 Å². The van der Waals surface area contributed by atoms with Crippen LogP contribution in [-0.4, -0.2) is 17.3 Å². The Balaban J connectivity index is -0.000000108. The van der Waals surface area contributed by atoms with Crippen LogP contribution in [0.3, 0.4) is 0 Å². The summed E-state index contributed by atoms with van der Waals surface area (Å²) < 4.78 is 0. The summed E-state index contributed by atoms with van der Waals surface area (Å²) in [5.74, 6) is -1.12. The zero-order valence-corrected chi connectivity index (χ0v) is 15.2. The molecule has 0 saturated carbocycles. The van der Waals surface area contributed by atoms with Crippen LogP contribution in [0.25, 0.3) is 0 Å². The largest absolute Gasteiger partial charge is 3.00 e. The Bertz CT molecular complexity index is 368. The second kappa shape index (κ2) is 17.3. The minimum absolute atomic E-state index is 0. The summed E-state index contributed by atoms with van der Waals surface area (Å²) in [7, 11) is 0. The molecule has 0 unspecified atom stereocenters. The van der Waals surface area contributed by atoms with Crippen LogP contribution in [0.2, 0.25) is 0 Å². The van der Waals surface area contributed by atoms with Crippen LogP contribution < -0.4 is 15.3 Å². The number of allylic oxidation sites excluding steroid dienone is 6. The topological polar surface area (TPSA) is 120 Å². The van der Waals surface area contributed by atoms with Gasteiger partial charge in [-0.05, 0) is 39.0 Å². The zero-order chi connectivity index (χ0) is 17.6. The van der Waals surface area contributed by atoms with Crippen molar-refractivity contribution in [2.45, 2.75) is 41.5 Å². The smallest absolute Gasteiger partial charge is 0.876 e. The third-order valence-corrected chi connectivity index (χ3v) is 1.22. The van der Waals surface area contributed by atoms with Gasteiger partial charge in [0.05, 0.1) is 0 Å². The van der Waals surface area contributed by atoms with E-state index in [4.69, 9.17) is 0 Å². The number of carbonyl (C=O) groups excluding carboxylic acids is 3. The molecule has 7 heteroatoms. The first-order valence-corrected chi connectivity index (χ1v) is 5.96. The van der Waals surface area contributed by atoms with Crippen LogP contribution >= 0.6 is 0 Å². The van der Waals surface area contributed by atoms with Crippen molar-refractivity contribution in [2.24, 2.45) is 0 Å². The molecule has 126 valence electrons. The molecular weight excluding hydrogens is 379 g/mol. The van der Waals surface area contributed by atoms with Gasteiger partial charge < -0.3 is 15.3 Å². The van der Waals surface area contributed by atoms with Gasteiger partial charge in [0.15, 0.2) is 17.3 Å². The predicted molar refractivity (Wildman–Crippen MR) is 73.3 cm³/mol. The quantitative estimate of drug-likeness (QED) is 0.358. The van der Waals surface area contributed by atoms with E-state index in [1.165, 1.54) is 41.5 Å². The fourth-order valence-corrected chi connectivity index (χ4v) is 0.859. The molecule has 0 aliphatic carbocycles. The van der Waals surface area contributed by atoms with Crippen LogP contribution in [0.1, 0.15) is 41.5 Å². The summed E-state index contributed by atoms with van der Waals surface area (Å²) in [5.41, 5.74) is 0. The summed E-state index contributed by atoms with van der Waals surface area (Å²) in [4.78, 5) is 29.9. The summed E-state index contributed by atoms with van der Waals surface area (Å²) in [6.07, 6.45) is 3.17. The van der Waals surface area contributed by atoms with E-state index in [-0.39, 0.29) is 54.1 Å². The van der Waals surface area contributed by atoms with E-state index in [0.717, 1.165) is 18.2 Å². The summed E-state index contributed by atoms with van der Waals surface area (Å²) in [6.45, 7) is 8.09. The normalized spacial score (nSPS) is 10.9. The van der Waals surface area contributed by atoms with Crippen LogP contribution in [0.5, 0.6) is 0 Å². The Hall–Kier alpha value is -1.75. The average molecular weight is 400 g/mol. The summed E-state index contributed by atoms with van der Waals surface area (Å²) in [6, 6.07) is 0. The minimum Gasteiger partial charge on any atom is -0.876 e. The number of hydrogen-bond acceptors (Lipinski definition) is 6. The maximum absolute atomic E-state index is 9.98. The van der Waals surface area contributed by atoms with Crippen molar-refractivity contribution in [3.05, 3.63) is 35.5 Å². The monoisotopic (exact) mass is 400 g/mol. The van der Waals surface area contributed by atoms with Crippen molar-refractivity contribution >= 4 is 17.3 Å². The molecule has 0 saturated heterocycles. The standard InChI is InChI=1S/3C5H8O2.Rh/c3*1-4(6)3-5(2)7;/h3*3,6H,1-2H3;/q;;;+3/p-3/b3*4-3+;. The Morgan fingerprint density at radius 2 is 0.682 bits per heavy atom. The SMILES string of the molecule is CC(=O)/C=C(\C)[O-].CC(=O)/C=C(\C)[O-].CC(=O)/C=C(\C)[O-].[Rh+3]. The molecule has 0 aromatic carbocycles. The fraction of sp³-hybridized carbons (Fsp3) is 0.400. The van der Waals surface area contributed by atoms with Gasteiger partial charge in [-0.3, -0.25) is 14.4 Å². The van der Waals surface area contributed by atoms with Crippen molar-refractivity contribution in [1.29, 1.82) is 0 Å². The van der Waals surface area contributed by atoms with E-state index < -0.39 is 0 Å². The van der Waals surface area contributed by atoms with Gasteiger partial charge in [-0.15, -0.1) is 17.3 Å². The Kier molecular flexibility index (Phi) is 22.4. The molecule has 0 radical (unpaired) electrons. The fourth-order valence-electron chi connectivity index (χ4n) is 0.859. The van der Waals surface area contributed by atoms with Crippen molar-refractivity contribution in [1.82, 2.24) is 0 Å². The molecular formula is C15H21O6Rh. The first kappa shape index (κ1) is 28.4. The second-order valence-corrected chi connectivity index (χ2v) is 4.10. The second-order valence-electron chi connectivity index (χ2n) is 4.10. The van der Waals surface area contributed by atoms with Crippen molar-refractivity contribution < 1.29 is 49.2 Å². The van der Waals surface area contributed by atoms with Gasteiger partial charge >= 0.3 is 19.5 Å². The molecule has 0 rings (SSSR count). The first-order chi connectivity index (χ1) is 9.38. The van der Waals surface area contributed by atoms with E-state index in [0.29, 0.717) is 0 Å².